The van der Waals surface area contributed by atoms with E-state index < -0.39 is 12.6 Å². The van der Waals surface area contributed by atoms with Crippen LogP contribution in [-0.4, -0.2) is 12.0 Å². The van der Waals surface area contributed by atoms with Crippen molar-refractivity contribution in [3.05, 3.63) is 29.3 Å². The van der Waals surface area contributed by atoms with Crippen molar-refractivity contribution < 1.29 is 18.0 Å². The van der Waals surface area contributed by atoms with Crippen LogP contribution in [0.4, 0.5) is 18.9 Å². The van der Waals surface area contributed by atoms with Gasteiger partial charge in [0.15, 0.2) is 5.78 Å². The lowest BCUT2D eigenvalue weighted by molar-refractivity contribution is -0.135. The highest BCUT2D eigenvalue weighted by atomic mass is 19.4. The van der Waals surface area contributed by atoms with Gasteiger partial charge in [-0.15, -0.1) is 0 Å². The molecule has 0 unspecified atom stereocenters. The minimum atomic E-state index is -4.21. The lowest BCUT2D eigenvalue weighted by atomic mass is 10.0. The number of rotatable bonds is 4. The van der Waals surface area contributed by atoms with Crippen LogP contribution in [-0.2, 0) is 0 Å². The lowest BCUT2D eigenvalue weighted by Crippen LogP contribution is -2.09. The normalized spacial score (nSPS) is 11.5. The number of anilines is 1. The summed E-state index contributed by atoms with van der Waals surface area (Å²) in [4.78, 5) is 11.7. The fourth-order valence-corrected chi connectivity index (χ4v) is 1.50. The maximum absolute atomic E-state index is 11.9. The number of benzene rings is 1. The molecule has 0 aliphatic carbocycles. The predicted molar refractivity (Wildman–Crippen MR) is 59.8 cm³/mol. The summed E-state index contributed by atoms with van der Waals surface area (Å²) >= 11 is 0. The molecule has 5 heteroatoms. The summed E-state index contributed by atoms with van der Waals surface area (Å²) < 4.78 is 35.7. The molecule has 1 rings (SSSR count). The zero-order valence-corrected chi connectivity index (χ0v) is 9.47. The minimum absolute atomic E-state index is 0.132. The van der Waals surface area contributed by atoms with Crippen molar-refractivity contribution in [1.29, 1.82) is 0 Å². The Hall–Kier alpha value is -1.52. The molecule has 1 aromatic rings. The number of aryl methyl sites for hydroxylation is 1. The Kier molecular flexibility index (Phi) is 4.15. The van der Waals surface area contributed by atoms with Gasteiger partial charge in [0, 0.05) is 24.1 Å². The molecule has 0 aromatic heterocycles. The second kappa shape index (κ2) is 5.21. The number of hydrogen-bond acceptors (Lipinski definition) is 2. The van der Waals surface area contributed by atoms with E-state index >= 15 is 0 Å². The highest BCUT2D eigenvalue weighted by Gasteiger charge is 2.26. The van der Waals surface area contributed by atoms with Gasteiger partial charge in [-0.25, -0.2) is 0 Å². The number of nitrogen functional groups attached to an aromatic ring is 1. The Labute approximate surface area is 97.6 Å². The number of ketones is 1. The first kappa shape index (κ1) is 13.5. The van der Waals surface area contributed by atoms with Gasteiger partial charge in [0.05, 0.1) is 0 Å². The number of nitrogens with two attached hydrogens (primary N) is 1. The van der Waals surface area contributed by atoms with Gasteiger partial charge in [-0.2, -0.15) is 13.2 Å². The summed E-state index contributed by atoms with van der Waals surface area (Å²) in [6, 6.07) is 4.94. The lowest BCUT2D eigenvalue weighted by Gasteiger charge is -2.07. The van der Waals surface area contributed by atoms with Crippen LogP contribution in [0, 0.1) is 6.92 Å². The van der Waals surface area contributed by atoms with Crippen LogP contribution < -0.4 is 5.73 Å². The Balaban J connectivity index is 2.61. The second-order valence-electron chi connectivity index (χ2n) is 3.98. The van der Waals surface area contributed by atoms with E-state index in [-0.39, 0.29) is 18.6 Å². The SMILES string of the molecule is Cc1ccc(N)c(C(=O)CCCC(F)(F)F)c1. The average molecular weight is 245 g/mol. The third-order valence-electron chi connectivity index (χ3n) is 2.37. The second-order valence-corrected chi connectivity index (χ2v) is 3.98. The van der Waals surface area contributed by atoms with E-state index in [4.69, 9.17) is 5.73 Å². The van der Waals surface area contributed by atoms with Gasteiger partial charge in [0.1, 0.15) is 0 Å². The molecule has 0 aliphatic rings. The summed E-state index contributed by atoms with van der Waals surface area (Å²) in [6.07, 6.45) is -5.48. The zero-order valence-electron chi connectivity index (χ0n) is 9.47. The maximum atomic E-state index is 11.9. The minimum Gasteiger partial charge on any atom is -0.398 e. The largest absolute Gasteiger partial charge is 0.398 e. The third kappa shape index (κ3) is 4.46. The van der Waals surface area contributed by atoms with E-state index in [0.29, 0.717) is 11.3 Å². The Morgan fingerprint density at radius 2 is 2.00 bits per heavy atom. The van der Waals surface area contributed by atoms with Crippen LogP contribution in [0.1, 0.15) is 35.2 Å². The van der Waals surface area contributed by atoms with E-state index in [1.54, 1.807) is 25.1 Å². The van der Waals surface area contributed by atoms with Crippen molar-refractivity contribution in [2.75, 3.05) is 5.73 Å². The first-order valence-corrected chi connectivity index (χ1v) is 5.25. The summed E-state index contributed by atoms with van der Waals surface area (Å²) in [7, 11) is 0. The van der Waals surface area contributed by atoms with Gasteiger partial charge in [-0.1, -0.05) is 11.6 Å². The summed E-state index contributed by atoms with van der Waals surface area (Å²) in [6.45, 7) is 1.80. The average Bonchev–Trinajstić information content (AvgIpc) is 2.19. The molecule has 17 heavy (non-hydrogen) atoms. The van der Waals surface area contributed by atoms with Crippen molar-refractivity contribution in [2.45, 2.75) is 32.4 Å². The van der Waals surface area contributed by atoms with Crippen molar-refractivity contribution >= 4 is 11.5 Å². The first-order valence-electron chi connectivity index (χ1n) is 5.25. The summed E-state index contributed by atoms with van der Waals surface area (Å²) in [5.74, 6) is -0.338. The zero-order chi connectivity index (χ0) is 13.1. The van der Waals surface area contributed by atoms with Gasteiger partial charge in [-0.05, 0) is 25.5 Å². The van der Waals surface area contributed by atoms with E-state index in [2.05, 4.69) is 0 Å². The monoisotopic (exact) mass is 245 g/mol. The molecular formula is C12H14F3NO. The molecule has 0 heterocycles. The smallest absolute Gasteiger partial charge is 0.389 e. The molecular weight excluding hydrogens is 231 g/mol. The molecule has 0 saturated heterocycles. The molecule has 0 spiro atoms. The number of hydrogen-bond donors (Lipinski definition) is 1. The first-order chi connectivity index (χ1) is 7.79. The van der Waals surface area contributed by atoms with Gasteiger partial charge in [-0.3, -0.25) is 4.79 Å². The topological polar surface area (TPSA) is 43.1 Å². The quantitative estimate of drug-likeness (QED) is 0.651. The van der Waals surface area contributed by atoms with Crippen LogP contribution >= 0.6 is 0 Å². The molecule has 2 N–H and O–H groups in total. The number of alkyl halides is 3. The third-order valence-corrected chi connectivity index (χ3v) is 2.37. The van der Waals surface area contributed by atoms with Crippen molar-refractivity contribution in [3.63, 3.8) is 0 Å². The van der Waals surface area contributed by atoms with Gasteiger partial charge in [0.25, 0.3) is 0 Å². The molecule has 1 aromatic carbocycles. The standard InChI is InChI=1S/C12H14F3NO/c1-8-4-5-10(16)9(7-8)11(17)3-2-6-12(13,14)15/h4-5,7H,2-3,6,16H2,1H3. The number of carbonyl (C=O) groups excluding carboxylic acids is 1. The van der Waals surface area contributed by atoms with Crippen molar-refractivity contribution in [3.8, 4) is 0 Å². The van der Waals surface area contributed by atoms with Crippen molar-refractivity contribution in [2.24, 2.45) is 0 Å². The molecule has 94 valence electrons. The molecule has 0 fully saturated rings. The number of carbonyl (C=O) groups is 1. The number of halogens is 3. The predicted octanol–water partition coefficient (Wildman–Crippen LogP) is 3.49. The highest BCUT2D eigenvalue weighted by molar-refractivity contribution is 6.00. The van der Waals surface area contributed by atoms with Crippen LogP contribution in [0.15, 0.2) is 18.2 Å². The van der Waals surface area contributed by atoms with Crippen LogP contribution in [0.2, 0.25) is 0 Å². The molecule has 0 atom stereocenters. The molecule has 2 nitrogen and oxygen atoms in total. The maximum Gasteiger partial charge on any atom is 0.389 e. The molecule has 0 saturated carbocycles. The number of Topliss-reactive ketones (excluding diaryl/α,β-unsaturated/α-hetero) is 1. The van der Waals surface area contributed by atoms with E-state index in [9.17, 15) is 18.0 Å². The van der Waals surface area contributed by atoms with Gasteiger partial charge < -0.3 is 5.73 Å². The Morgan fingerprint density at radius 3 is 2.59 bits per heavy atom. The summed E-state index contributed by atoms with van der Waals surface area (Å²) in [5, 5.41) is 0. The fraction of sp³-hybridized carbons (Fsp3) is 0.417. The summed E-state index contributed by atoms with van der Waals surface area (Å²) in [5.41, 5.74) is 7.09. The van der Waals surface area contributed by atoms with E-state index in [1.807, 2.05) is 0 Å². The molecule has 0 aliphatic heterocycles. The van der Waals surface area contributed by atoms with Crippen molar-refractivity contribution in [1.82, 2.24) is 0 Å². The van der Waals surface area contributed by atoms with E-state index in [1.165, 1.54) is 0 Å². The van der Waals surface area contributed by atoms with Crippen LogP contribution in [0.3, 0.4) is 0 Å². The van der Waals surface area contributed by atoms with Crippen LogP contribution in [0.25, 0.3) is 0 Å². The van der Waals surface area contributed by atoms with E-state index in [0.717, 1.165) is 5.56 Å². The Bertz CT molecular complexity index is 413. The molecule has 0 radical (unpaired) electrons. The van der Waals surface area contributed by atoms with Crippen LogP contribution in [0.5, 0.6) is 0 Å². The molecule has 0 bridgehead atoms. The Morgan fingerprint density at radius 1 is 1.35 bits per heavy atom. The van der Waals surface area contributed by atoms with Gasteiger partial charge >= 0.3 is 6.18 Å². The molecule has 0 amide bonds. The fourth-order valence-electron chi connectivity index (χ4n) is 1.50. The highest BCUT2D eigenvalue weighted by Crippen LogP contribution is 2.24. The van der Waals surface area contributed by atoms with Gasteiger partial charge in [0.2, 0.25) is 0 Å².